The molecule has 0 aliphatic rings. The summed E-state index contributed by atoms with van der Waals surface area (Å²) in [5.74, 6) is -0.337. The van der Waals surface area contributed by atoms with E-state index in [0.717, 1.165) is 9.26 Å². The van der Waals surface area contributed by atoms with Gasteiger partial charge in [-0.2, -0.15) is 0 Å². The minimum atomic E-state index is -0.337. The van der Waals surface area contributed by atoms with Gasteiger partial charge in [-0.15, -0.1) is 0 Å². The van der Waals surface area contributed by atoms with E-state index in [4.69, 9.17) is 4.74 Å². The molecule has 0 fully saturated rings. The maximum absolute atomic E-state index is 10.9. The molecule has 80 valence electrons. The van der Waals surface area contributed by atoms with Crippen LogP contribution < -0.4 is 5.32 Å². The lowest BCUT2D eigenvalue weighted by Crippen LogP contribution is -2.00. The number of nitrogens with one attached hydrogen (secondary N) is 1. The second-order valence-electron chi connectivity index (χ2n) is 2.74. The summed E-state index contributed by atoms with van der Waals surface area (Å²) in [4.78, 5) is 10.9. The Hall–Kier alpha value is -1.04. The molecule has 0 aromatic heterocycles. The Kier molecular flexibility index (Phi) is 5.17. The largest absolute Gasteiger partial charge is 0.463 e. The van der Waals surface area contributed by atoms with Crippen LogP contribution in [0.4, 0.5) is 5.69 Å². The van der Waals surface area contributed by atoms with Crippen molar-refractivity contribution in [3.63, 3.8) is 0 Å². The van der Waals surface area contributed by atoms with Crippen LogP contribution in [0.2, 0.25) is 0 Å². The van der Waals surface area contributed by atoms with Gasteiger partial charge in [0, 0.05) is 21.5 Å². The summed E-state index contributed by atoms with van der Waals surface area (Å²) in [5, 5.41) is 2.99. The van der Waals surface area contributed by atoms with Gasteiger partial charge in [-0.25, -0.2) is 4.79 Å². The molecule has 0 aliphatic heterocycles. The van der Waals surface area contributed by atoms with E-state index in [1.165, 1.54) is 6.08 Å². The molecule has 1 rings (SSSR count). The smallest absolute Gasteiger partial charge is 0.332 e. The van der Waals surface area contributed by atoms with Crippen LogP contribution in [0.1, 0.15) is 6.92 Å². The summed E-state index contributed by atoms with van der Waals surface area (Å²) in [6.45, 7) is 2.17. The zero-order chi connectivity index (χ0) is 11.1. The Bertz CT molecular complexity index is 363. The molecule has 4 heteroatoms. The summed E-state index contributed by atoms with van der Waals surface area (Å²) in [7, 11) is 0. The van der Waals surface area contributed by atoms with Crippen molar-refractivity contribution in [1.82, 2.24) is 0 Å². The number of hydrogen-bond acceptors (Lipinski definition) is 3. The molecule has 0 saturated carbocycles. The van der Waals surface area contributed by atoms with Crippen LogP contribution in [0.25, 0.3) is 0 Å². The fraction of sp³-hybridized carbons (Fsp3) is 0.182. The lowest BCUT2D eigenvalue weighted by molar-refractivity contribution is -0.137. The summed E-state index contributed by atoms with van der Waals surface area (Å²) >= 11 is 2.23. The summed E-state index contributed by atoms with van der Waals surface area (Å²) in [5.41, 5.74) is 0.947. The molecular formula is C11H12INO2. The van der Waals surface area contributed by atoms with Gasteiger partial charge in [-0.1, -0.05) is 6.07 Å². The van der Waals surface area contributed by atoms with E-state index in [9.17, 15) is 4.79 Å². The van der Waals surface area contributed by atoms with Gasteiger partial charge in [-0.3, -0.25) is 0 Å². The first-order valence-electron chi connectivity index (χ1n) is 4.58. The summed E-state index contributed by atoms with van der Waals surface area (Å²) in [6.07, 6.45) is 2.94. The summed E-state index contributed by atoms with van der Waals surface area (Å²) < 4.78 is 5.88. The number of rotatable bonds is 4. The topological polar surface area (TPSA) is 38.3 Å². The molecule has 0 atom stereocenters. The van der Waals surface area contributed by atoms with Crippen molar-refractivity contribution in [1.29, 1.82) is 0 Å². The number of carbonyl (C=O) groups excluding carboxylic acids is 1. The molecule has 0 radical (unpaired) electrons. The zero-order valence-electron chi connectivity index (χ0n) is 8.37. The highest BCUT2D eigenvalue weighted by atomic mass is 127. The fourth-order valence-corrected chi connectivity index (χ4v) is 1.52. The van der Waals surface area contributed by atoms with Crippen LogP contribution in [0.3, 0.4) is 0 Å². The third-order valence-electron chi connectivity index (χ3n) is 1.58. The Morgan fingerprint density at radius 3 is 3.07 bits per heavy atom. The van der Waals surface area contributed by atoms with Crippen molar-refractivity contribution in [3.05, 3.63) is 40.1 Å². The molecule has 0 amide bonds. The van der Waals surface area contributed by atoms with E-state index in [0.29, 0.717) is 6.61 Å². The van der Waals surface area contributed by atoms with Crippen molar-refractivity contribution in [2.75, 3.05) is 11.9 Å². The number of carbonyl (C=O) groups is 1. The molecule has 1 aromatic carbocycles. The van der Waals surface area contributed by atoms with E-state index in [-0.39, 0.29) is 5.97 Å². The zero-order valence-corrected chi connectivity index (χ0v) is 10.5. The number of benzene rings is 1. The minimum Gasteiger partial charge on any atom is -0.463 e. The van der Waals surface area contributed by atoms with E-state index < -0.39 is 0 Å². The van der Waals surface area contributed by atoms with Gasteiger partial charge in [0.15, 0.2) is 0 Å². The van der Waals surface area contributed by atoms with Crippen molar-refractivity contribution < 1.29 is 9.53 Å². The van der Waals surface area contributed by atoms with Crippen LogP contribution in [0, 0.1) is 3.57 Å². The Balaban J connectivity index is 2.46. The maximum Gasteiger partial charge on any atom is 0.332 e. The second-order valence-corrected chi connectivity index (χ2v) is 3.99. The van der Waals surface area contributed by atoms with Gasteiger partial charge in [0.2, 0.25) is 0 Å². The SMILES string of the molecule is CCOC(=O)/C=C\Nc1cccc(I)c1. The van der Waals surface area contributed by atoms with Crippen molar-refractivity contribution in [3.8, 4) is 0 Å². The molecule has 0 unspecified atom stereocenters. The number of halogens is 1. The molecule has 0 bridgehead atoms. The highest BCUT2D eigenvalue weighted by molar-refractivity contribution is 14.1. The van der Waals surface area contributed by atoms with Crippen molar-refractivity contribution in [2.24, 2.45) is 0 Å². The Labute approximate surface area is 103 Å². The average Bonchev–Trinajstić information content (AvgIpc) is 2.18. The number of esters is 1. The highest BCUT2D eigenvalue weighted by Gasteiger charge is 1.93. The first-order valence-corrected chi connectivity index (χ1v) is 5.65. The lowest BCUT2D eigenvalue weighted by atomic mass is 10.3. The number of anilines is 1. The second kappa shape index (κ2) is 6.44. The van der Waals surface area contributed by atoms with Crippen LogP contribution in [-0.4, -0.2) is 12.6 Å². The van der Waals surface area contributed by atoms with Gasteiger partial charge in [0.05, 0.1) is 6.61 Å². The van der Waals surface area contributed by atoms with Gasteiger partial charge >= 0.3 is 5.97 Å². The lowest BCUT2D eigenvalue weighted by Gasteiger charge is -2.00. The van der Waals surface area contributed by atoms with E-state index in [1.807, 2.05) is 24.3 Å². The average molecular weight is 317 g/mol. The van der Waals surface area contributed by atoms with Crippen molar-refractivity contribution >= 4 is 34.2 Å². The molecule has 15 heavy (non-hydrogen) atoms. The molecule has 0 aliphatic carbocycles. The van der Waals surface area contributed by atoms with E-state index >= 15 is 0 Å². The van der Waals surface area contributed by atoms with Gasteiger partial charge in [-0.05, 0) is 47.7 Å². The Morgan fingerprint density at radius 1 is 1.60 bits per heavy atom. The quantitative estimate of drug-likeness (QED) is 0.527. The predicted octanol–water partition coefficient (Wildman–Crippen LogP) is 2.78. The van der Waals surface area contributed by atoms with Crippen LogP contribution in [0.5, 0.6) is 0 Å². The molecular weight excluding hydrogens is 305 g/mol. The fourth-order valence-electron chi connectivity index (χ4n) is 0.975. The molecule has 1 N–H and O–H groups in total. The van der Waals surface area contributed by atoms with Crippen LogP contribution in [0.15, 0.2) is 36.5 Å². The van der Waals surface area contributed by atoms with E-state index in [1.54, 1.807) is 13.1 Å². The first-order chi connectivity index (χ1) is 7.22. The van der Waals surface area contributed by atoms with E-state index in [2.05, 4.69) is 27.9 Å². The molecule has 0 heterocycles. The highest BCUT2D eigenvalue weighted by Crippen LogP contribution is 2.11. The number of ether oxygens (including phenoxy) is 1. The standard InChI is InChI=1S/C11H12INO2/c1-2-15-11(14)6-7-13-10-5-3-4-9(12)8-10/h3-8,13H,2H2,1H3/b7-6-. The van der Waals surface area contributed by atoms with Crippen LogP contribution in [-0.2, 0) is 9.53 Å². The Morgan fingerprint density at radius 2 is 2.40 bits per heavy atom. The first kappa shape index (κ1) is 12.0. The monoisotopic (exact) mass is 317 g/mol. The molecule has 1 aromatic rings. The maximum atomic E-state index is 10.9. The molecule has 0 spiro atoms. The normalized spacial score (nSPS) is 10.3. The summed E-state index contributed by atoms with van der Waals surface area (Å²) in [6, 6.07) is 7.86. The minimum absolute atomic E-state index is 0.337. The van der Waals surface area contributed by atoms with Crippen LogP contribution >= 0.6 is 22.6 Å². The molecule has 3 nitrogen and oxygen atoms in total. The molecule has 0 saturated heterocycles. The van der Waals surface area contributed by atoms with Gasteiger partial charge < -0.3 is 10.1 Å². The van der Waals surface area contributed by atoms with Gasteiger partial charge in [0.1, 0.15) is 0 Å². The van der Waals surface area contributed by atoms with Crippen molar-refractivity contribution in [2.45, 2.75) is 6.92 Å². The number of hydrogen-bond donors (Lipinski definition) is 1. The van der Waals surface area contributed by atoms with Gasteiger partial charge in [0.25, 0.3) is 0 Å². The third-order valence-corrected chi connectivity index (χ3v) is 2.25. The predicted molar refractivity (Wildman–Crippen MR) is 68.6 cm³/mol. The third kappa shape index (κ3) is 4.83.